The van der Waals surface area contributed by atoms with Gasteiger partial charge in [0.2, 0.25) is 10.0 Å². The second-order valence-electron chi connectivity index (χ2n) is 11.0. The fourth-order valence-corrected chi connectivity index (χ4v) is 6.90. The van der Waals surface area contributed by atoms with Crippen molar-refractivity contribution in [3.63, 3.8) is 0 Å². The first kappa shape index (κ1) is 25.1. The Labute approximate surface area is 205 Å². The van der Waals surface area contributed by atoms with E-state index in [1.165, 1.54) is 31.4 Å². The van der Waals surface area contributed by atoms with Crippen molar-refractivity contribution < 1.29 is 13.2 Å². The van der Waals surface area contributed by atoms with Gasteiger partial charge in [-0.2, -0.15) is 4.31 Å². The quantitative estimate of drug-likeness (QED) is 0.556. The third-order valence-corrected chi connectivity index (χ3v) is 9.44. The highest BCUT2D eigenvalue weighted by atomic mass is 32.2. The Morgan fingerprint density at radius 1 is 0.971 bits per heavy atom. The zero-order chi connectivity index (χ0) is 24.7. The molecule has 1 aliphatic heterocycles. The van der Waals surface area contributed by atoms with Crippen LogP contribution in [0.25, 0.3) is 0 Å². The van der Waals surface area contributed by atoms with Crippen molar-refractivity contribution in [2.45, 2.75) is 76.7 Å². The molecule has 0 atom stereocenters. The molecule has 6 nitrogen and oxygen atoms in total. The normalized spacial score (nSPS) is 19.1. The summed E-state index contributed by atoms with van der Waals surface area (Å²) in [5.41, 5.74) is 4.16. The minimum atomic E-state index is -3.53. The lowest BCUT2D eigenvalue weighted by Gasteiger charge is -2.33. The highest BCUT2D eigenvalue weighted by molar-refractivity contribution is 7.89. The summed E-state index contributed by atoms with van der Waals surface area (Å²) in [6, 6.07) is 9.80. The number of rotatable bonds is 6. The van der Waals surface area contributed by atoms with Crippen molar-refractivity contribution in [3.8, 4) is 0 Å². The molecule has 2 aliphatic rings. The summed E-state index contributed by atoms with van der Waals surface area (Å²) < 4.78 is 30.2. The van der Waals surface area contributed by atoms with Crippen molar-refractivity contribution >= 4 is 15.8 Å². The predicted molar refractivity (Wildman–Crippen MR) is 136 cm³/mol. The van der Waals surface area contributed by atoms with Gasteiger partial charge in [-0.25, -0.2) is 8.42 Å². The maximum Gasteiger partial charge on any atom is 0.243 e. The molecule has 1 saturated carbocycles. The Balaban J connectivity index is 1.38. The number of carbonyl (C=O) groups excluding carboxylic acids is 1. The lowest BCUT2D eigenvalue weighted by Crippen LogP contribution is -2.49. The lowest BCUT2D eigenvalue weighted by atomic mass is 9.87. The lowest BCUT2D eigenvalue weighted by molar-refractivity contribution is 0.0901. The van der Waals surface area contributed by atoms with Gasteiger partial charge in [0.25, 0.3) is 0 Å². The van der Waals surface area contributed by atoms with Crippen LogP contribution in [0.15, 0.2) is 35.2 Å². The van der Waals surface area contributed by atoms with E-state index in [4.69, 9.17) is 0 Å². The van der Waals surface area contributed by atoms with Crippen LogP contribution < -0.4 is 0 Å². The third kappa shape index (κ3) is 5.02. The highest BCUT2D eigenvalue weighted by Gasteiger charge is 2.30. The molecule has 1 aromatic heterocycles. The van der Waals surface area contributed by atoms with Gasteiger partial charge in [-0.3, -0.25) is 9.69 Å². The third-order valence-electron chi connectivity index (χ3n) is 7.53. The summed E-state index contributed by atoms with van der Waals surface area (Å²) in [6.07, 6.45) is 4.91. The summed E-state index contributed by atoms with van der Waals surface area (Å²) in [5.74, 6) is 0.131. The first-order valence-corrected chi connectivity index (χ1v) is 14.0. The predicted octanol–water partition coefficient (Wildman–Crippen LogP) is 4.71. The molecule has 2 aromatic rings. The van der Waals surface area contributed by atoms with Gasteiger partial charge in [0.1, 0.15) is 0 Å². The molecule has 186 valence electrons. The molecule has 0 radical (unpaired) electrons. The molecule has 34 heavy (non-hydrogen) atoms. The SMILES string of the molecule is Cc1cc(C(=O)CN2CCN(S(=O)(=O)c3ccc(C(C)(C)C)cc3)CC2)c(C)n1C1CCCC1. The average Bonchev–Trinajstić information content (AvgIpc) is 3.41. The number of hydrogen-bond donors (Lipinski definition) is 0. The highest BCUT2D eigenvalue weighted by Crippen LogP contribution is 2.33. The molecule has 0 N–H and O–H groups in total. The van der Waals surface area contributed by atoms with Crippen molar-refractivity contribution in [2.75, 3.05) is 32.7 Å². The fraction of sp³-hybridized carbons (Fsp3) is 0.593. The molecule has 2 heterocycles. The van der Waals surface area contributed by atoms with E-state index in [1.807, 2.05) is 18.2 Å². The van der Waals surface area contributed by atoms with Gasteiger partial charge < -0.3 is 4.57 Å². The summed E-state index contributed by atoms with van der Waals surface area (Å²) in [4.78, 5) is 15.6. The van der Waals surface area contributed by atoms with Crippen LogP contribution in [0.3, 0.4) is 0 Å². The van der Waals surface area contributed by atoms with Crippen molar-refractivity contribution in [1.82, 2.24) is 13.8 Å². The van der Waals surface area contributed by atoms with Gasteiger partial charge in [-0.05, 0) is 55.9 Å². The zero-order valence-corrected chi connectivity index (χ0v) is 22.1. The van der Waals surface area contributed by atoms with Crippen LogP contribution in [-0.4, -0.2) is 60.7 Å². The first-order chi connectivity index (χ1) is 16.0. The smallest absolute Gasteiger partial charge is 0.243 e. The number of ketones is 1. The largest absolute Gasteiger partial charge is 0.345 e. The molecular weight excluding hydrogens is 446 g/mol. The van der Waals surface area contributed by atoms with E-state index >= 15 is 0 Å². The number of benzene rings is 1. The van der Waals surface area contributed by atoms with E-state index in [0.29, 0.717) is 43.7 Å². The summed E-state index contributed by atoms with van der Waals surface area (Å²) in [7, 11) is -3.53. The van der Waals surface area contributed by atoms with Crippen LogP contribution in [0.5, 0.6) is 0 Å². The molecule has 0 spiro atoms. The number of aromatic nitrogens is 1. The van der Waals surface area contributed by atoms with Gasteiger partial charge >= 0.3 is 0 Å². The van der Waals surface area contributed by atoms with Crippen LogP contribution >= 0.6 is 0 Å². The number of piperazine rings is 1. The van der Waals surface area contributed by atoms with Crippen molar-refractivity contribution in [3.05, 3.63) is 52.8 Å². The Morgan fingerprint density at radius 3 is 2.12 bits per heavy atom. The monoisotopic (exact) mass is 485 g/mol. The maximum atomic E-state index is 13.1. The molecule has 1 aliphatic carbocycles. The standard InChI is InChI=1S/C27H39N3O3S/c1-20-18-25(21(2)30(20)23-8-6-7-9-23)26(31)19-28-14-16-29(17-15-28)34(32,33)24-12-10-22(11-13-24)27(3,4)5/h10-13,18,23H,6-9,14-17,19H2,1-5H3. The number of carbonyl (C=O) groups is 1. The van der Waals surface area contributed by atoms with Gasteiger partial charge in [0, 0.05) is 49.2 Å². The van der Waals surface area contributed by atoms with E-state index in [2.05, 4.69) is 44.1 Å². The number of hydrogen-bond acceptors (Lipinski definition) is 4. The maximum absolute atomic E-state index is 13.1. The van der Waals surface area contributed by atoms with Crippen LogP contribution in [0.4, 0.5) is 0 Å². The van der Waals surface area contributed by atoms with Crippen molar-refractivity contribution in [1.29, 1.82) is 0 Å². The Morgan fingerprint density at radius 2 is 1.56 bits per heavy atom. The summed E-state index contributed by atoms with van der Waals surface area (Å²) in [6.45, 7) is 12.8. The van der Waals surface area contributed by atoms with Gasteiger partial charge in [-0.15, -0.1) is 0 Å². The Bertz CT molecular complexity index is 1130. The van der Waals surface area contributed by atoms with Gasteiger partial charge in [0.05, 0.1) is 11.4 Å². The second kappa shape index (κ2) is 9.59. The molecular formula is C27H39N3O3S. The van der Waals surface area contributed by atoms with E-state index in [-0.39, 0.29) is 11.2 Å². The van der Waals surface area contributed by atoms with E-state index in [1.54, 1.807) is 16.4 Å². The Kier molecular flexibility index (Phi) is 7.09. The van der Waals surface area contributed by atoms with E-state index < -0.39 is 10.0 Å². The molecule has 2 fully saturated rings. The first-order valence-electron chi connectivity index (χ1n) is 12.5. The minimum Gasteiger partial charge on any atom is -0.345 e. The van der Waals surface area contributed by atoms with E-state index in [0.717, 1.165) is 16.8 Å². The molecule has 0 unspecified atom stereocenters. The zero-order valence-electron chi connectivity index (χ0n) is 21.3. The second-order valence-corrected chi connectivity index (χ2v) is 12.9. The molecule has 7 heteroatoms. The van der Waals surface area contributed by atoms with Crippen LogP contribution in [-0.2, 0) is 15.4 Å². The number of sulfonamides is 1. The number of nitrogens with zero attached hydrogens (tertiary/aromatic N) is 3. The molecule has 1 aromatic carbocycles. The summed E-state index contributed by atoms with van der Waals surface area (Å²) >= 11 is 0. The topological polar surface area (TPSA) is 62.6 Å². The fourth-order valence-electron chi connectivity index (χ4n) is 5.48. The molecule has 4 rings (SSSR count). The Hall–Kier alpha value is -1.96. The van der Waals surface area contributed by atoms with Gasteiger partial charge in [-0.1, -0.05) is 45.7 Å². The van der Waals surface area contributed by atoms with Crippen LogP contribution in [0, 0.1) is 13.8 Å². The van der Waals surface area contributed by atoms with Crippen molar-refractivity contribution in [2.24, 2.45) is 0 Å². The van der Waals surface area contributed by atoms with Crippen LogP contribution in [0.1, 0.15) is 79.8 Å². The van der Waals surface area contributed by atoms with Gasteiger partial charge in [0.15, 0.2) is 5.78 Å². The van der Waals surface area contributed by atoms with Crippen LogP contribution in [0.2, 0.25) is 0 Å². The molecule has 0 amide bonds. The number of aryl methyl sites for hydroxylation is 1. The average molecular weight is 486 g/mol. The summed E-state index contributed by atoms with van der Waals surface area (Å²) in [5, 5.41) is 0. The van der Waals surface area contributed by atoms with E-state index in [9.17, 15) is 13.2 Å². The molecule has 1 saturated heterocycles. The number of Topliss-reactive ketones (excluding diaryl/α,β-unsaturated/α-hetero) is 1. The minimum absolute atomic E-state index is 0.0184. The molecule has 0 bridgehead atoms.